The number of ether oxygens (including phenoxy) is 2. The van der Waals surface area contributed by atoms with Gasteiger partial charge >= 0.3 is 0 Å². The molecule has 4 nitrogen and oxygen atoms in total. The van der Waals surface area contributed by atoms with Gasteiger partial charge in [0.1, 0.15) is 6.07 Å². The number of nitrogens with zero attached hydrogens (tertiary/aromatic N) is 2. The molecule has 0 bridgehead atoms. The van der Waals surface area contributed by atoms with Crippen LogP contribution in [0.4, 0.5) is 5.69 Å². The van der Waals surface area contributed by atoms with E-state index in [9.17, 15) is 5.26 Å². The van der Waals surface area contributed by atoms with Gasteiger partial charge in [-0.2, -0.15) is 5.26 Å². The second kappa shape index (κ2) is 7.24. The molecule has 0 amide bonds. The second-order valence-electron chi connectivity index (χ2n) is 8.09. The van der Waals surface area contributed by atoms with Crippen LogP contribution >= 0.6 is 0 Å². The molecule has 28 heavy (non-hydrogen) atoms. The fraction of sp³-hybridized carbons (Fsp3) is 0.458. The van der Waals surface area contributed by atoms with E-state index in [1.807, 2.05) is 0 Å². The molecule has 2 fully saturated rings. The van der Waals surface area contributed by atoms with Crippen LogP contribution in [0, 0.1) is 11.3 Å². The van der Waals surface area contributed by atoms with Gasteiger partial charge in [-0.1, -0.05) is 30.3 Å². The van der Waals surface area contributed by atoms with Crippen LogP contribution in [-0.2, 0) is 22.3 Å². The molecule has 4 heteroatoms. The van der Waals surface area contributed by atoms with Crippen molar-refractivity contribution >= 4 is 5.69 Å². The zero-order valence-corrected chi connectivity index (χ0v) is 16.2. The summed E-state index contributed by atoms with van der Waals surface area (Å²) in [4.78, 5) is 2.42. The van der Waals surface area contributed by atoms with Crippen LogP contribution in [0.2, 0.25) is 0 Å². The molecule has 144 valence electrons. The lowest BCUT2D eigenvalue weighted by molar-refractivity contribution is -0.163. The Bertz CT molecular complexity index is 904. The number of hydrogen-bond acceptors (Lipinski definition) is 4. The average Bonchev–Trinajstić information content (AvgIpc) is 3.21. The van der Waals surface area contributed by atoms with E-state index in [1.54, 1.807) is 0 Å². The highest BCUT2D eigenvalue weighted by molar-refractivity contribution is 5.79. The fourth-order valence-electron chi connectivity index (χ4n) is 5.04. The summed E-state index contributed by atoms with van der Waals surface area (Å²) in [5.41, 5.74) is 6.85. The van der Waals surface area contributed by atoms with Gasteiger partial charge in [-0.25, -0.2) is 0 Å². The minimum absolute atomic E-state index is 0.504. The van der Waals surface area contributed by atoms with Gasteiger partial charge in [0.2, 0.25) is 0 Å². The lowest BCUT2D eigenvalue weighted by Gasteiger charge is -2.37. The van der Waals surface area contributed by atoms with Crippen molar-refractivity contribution in [2.24, 2.45) is 0 Å². The maximum absolute atomic E-state index is 10.1. The number of benzene rings is 2. The summed E-state index contributed by atoms with van der Waals surface area (Å²) >= 11 is 0. The Balaban J connectivity index is 1.69. The Morgan fingerprint density at radius 2 is 1.71 bits per heavy atom. The first-order valence-corrected chi connectivity index (χ1v) is 10.5. The summed E-state index contributed by atoms with van der Waals surface area (Å²) in [6.07, 6.45) is 6.07. The molecule has 2 heterocycles. The number of anilines is 1. The molecule has 2 aliphatic heterocycles. The van der Waals surface area contributed by atoms with E-state index in [-0.39, 0.29) is 0 Å². The van der Waals surface area contributed by atoms with E-state index in [4.69, 9.17) is 9.47 Å². The molecule has 5 rings (SSSR count). The highest BCUT2D eigenvalue weighted by atomic mass is 16.7. The summed E-state index contributed by atoms with van der Waals surface area (Å²) < 4.78 is 12.1. The zero-order chi connectivity index (χ0) is 19.0. The third-order valence-electron chi connectivity index (χ3n) is 6.44. The third kappa shape index (κ3) is 2.99. The van der Waals surface area contributed by atoms with Gasteiger partial charge < -0.3 is 14.4 Å². The Morgan fingerprint density at radius 1 is 0.964 bits per heavy atom. The van der Waals surface area contributed by atoms with Crippen LogP contribution in [0.3, 0.4) is 0 Å². The van der Waals surface area contributed by atoms with Crippen molar-refractivity contribution in [1.82, 2.24) is 0 Å². The molecule has 1 aliphatic carbocycles. The van der Waals surface area contributed by atoms with Crippen LogP contribution in [-0.4, -0.2) is 32.1 Å². The SMILES string of the molecule is N#Cc1c(N2CCCCC2)cc(-c2ccccc2)c2c1CCC1(C2)OCCO1. The van der Waals surface area contributed by atoms with E-state index in [1.165, 1.54) is 41.5 Å². The average molecular weight is 374 g/mol. The van der Waals surface area contributed by atoms with Crippen molar-refractivity contribution in [3.8, 4) is 17.2 Å². The van der Waals surface area contributed by atoms with Crippen molar-refractivity contribution in [1.29, 1.82) is 5.26 Å². The monoisotopic (exact) mass is 374 g/mol. The Kier molecular flexibility index (Phi) is 4.58. The Hall–Kier alpha value is -2.35. The smallest absolute Gasteiger partial charge is 0.172 e. The maximum Gasteiger partial charge on any atom is 0.172 e. The van der Waals surface area contributed by atoms with Gasteiger partial charge in [0.05, 0.1) is 24.5 Å². The maximum atomic E-state index is 10.1. The fourth-order valence-corrected chi connectivity index (χ4v) is 5.04. The molecule has 0 atom stereocenters. The highest BCUT2D eigenvalue weighted by Gasteiger charge is 2.42. The predicted molar refractivity (Wildman–Crippen MR) is 109 cm³/mol. The van der Waals surface area contributed by atoms with Crippen molar-refractivity contribution < 1.29 is 9.47 Å². The van der Waals surface area contributed by atoms with Crippen molar-refractivity contribution in [2.45, 2.75) is 44.3 Å². The summed E-state index contributed by atoms with van der Waals surface area (Å²) in [6, 6.07) is 15.4. The van der Waals surface area contributed by atoms with Crippen molar-refractivity contribution in [3.05, 3.63) is 53.1 Å². The first-order valence-electron chi connectivity index (χ1n) is 10.5. The molecule has 3 aliphatic rings. The first kappa shape index (κ1) is 17.7. The van der Waals surface area contributed by atoms with Crippen LogP contribution in [0.5, 0.6) is 0 Å². The quantitative estimate of drug-likeness (QED) is 0.779. The van der Waals surface area contributed by atoms with Gasteiger partial charge in [0.25, 0.3) is 0 Å². The molecule has 0 unspecified atom stereocenters. The molecule has 2 saturated heterocycles. The predicted octanol–water partition coefficient (Wildman–Crippen LogP) is 4.45. The number of hydrogen-bond donors (Lipinski definition) is 0. The minimum Gasteiger partial charge on any atom is -0.370 e. The van der Waals surface area contributed by atoms with Gasteiger partial charge in [-0.05, 0) is 54.0 Å². The molecule has 2 aromatic rings. The van der Waals surface area contributed by atoms with Crippen LogP contribution in [0.15, 0.2) is 36.4 Å². The normalized spacial score (nSPS) is 20.8. The number of piperidine rings is 1. The zero-order valence-electron chi connectivity index (χ0n) is 16.2. The topological polar surface area (TPSA) is 45.5 Å². The molecule has 0 radical (unpaired) electrons. The third-order valence-corrected chi connectivity index (χ3v) is 6.44. The van der Waals surface area contributed by atoms with Gasteiger partial charge in [-0.15, -0.1) is 0 Å². The standard InChI is InChI=1S/C24H26N2O2/c25-17-22-19-9-10-24(27-13-14-28-24)16-21(19)20(18-7-3-1-4-8-18)15-23(22)26-11-5-2-6-12-26/h1,3-4,7-8,15H,2,5-6,9-14,16H2. The van der Waals surface area contributed by atoms with Gasteiger partial charge in [-0.3, -0.25) is 0 Å². The second-order valence-corrected chi connectivity index (χ2v) is 8.09. The largest absolute Gasteiger partial charge is 0.370 e. The lowest BCUT2D eigenvalue weighted by Crippen LogP contribution is -2.38. The molecule has 0 aromatic heterocycles. The summed E-state index contributed by atoms with van der Waals surface area (Å²) in [7, 11) is 0. The Morgan fingerprint density at radius 3 is 2.43 bits per heavy atom. The van der Waals surface area contributed by atoms with E-state index in [0.717, 1.165) is 43.6 Å². The van der Waals surface area contributed by atoms with Crippen LogP contribution in [0.1, 0.15) is 42.4 Å². The van der Waals surface area contributed by atoms with Crippen molar-refractivity contribution in [3.63, 3.8) is 0 Å². The van der Waals surface area contributed by atoms with E-state index in [2.05, 4.69) is 47.4 Å². The van der Waals surface area contributed by atoms with Crippen LogP contribution < -0.4 is 4.90 Å². The molecular formula is C24H26N2O2. The molecule has 2 aromatic carbocycles. The molecule has 0 N–H and O–H groups in total. The lowest BCUT2D eigenvalue weighted by atomic mass is 9.79. The van der Waals surface area contributed by atoms with Crippen LogP contribution in [0.25, 0.3) is 11.1 Å². The van der Waals surface area contributed by atoms with Crippen molar-refractivity contribution in [2.75, 3.05) is 31.2 Å². The van der Waals surface area contributed by atoms with Gasteiger partial charge in [0.15, 0.2) is 5.79 Å². The Labute approximate surface area is 166 Å². The highest BCUT2D eigenvalue weighted by Crippen LogP contribution is 2.44. The van der Waals surface area contributed by atoms with Gasteiger partial charge in [0, 0.05) is 25.9 Å². The minimum atomic E-state index is -0.504. The molecular weight excluding hydrogens is 348 g/mol. The van der Waals surface area contributed by atoms with E-state index < -0.39 is 5.79 Å². The number of fused-ring (bicyclic) bond motifs is 1. The first-order chi connectivity index (χ1) is 13.8. The van der Waals surface area contributed by atoms with E-state index in [0.29, 0.717) is 13.2 Å². The molecule has 1 spiro atoms. The summed E-state index contributed by atoms with van der Waals surface area (Å²) in [5, 5.41) is 10.1. The summed E-state index contributed by atoms with van der Waals surface area (Å²) in [5.74, 6) is -0.504. The molecule has 0 saturated carbocycles. The number of rotatable bonds is 2. The summed E-state index contributed by atoms with van der Waals surface area (Å²) in [6.45, 7) is 3.40. The van der Waals surface area contributed by atoms with E-state index >= 15 is 0 Å². The number of nitriles is 1.